The van der Waals surface area contributed by atoms with Crippen LogP contribution in [0.25, 0.3) is 0 Å². The number of carbonyl (C=O) groups is 1. The molecule has 3 aromatic rings. The molecule has 11 heteroatoms. The van der Waals surface area contributed by atoms with Gasteiger partial charge in [0.2, 0.25) is 0 Å². The van der Waals surface area contributed by atoms with Gasteiger partial charge in [0, 0.05) is 42.8 Å². The van der Waals surface area contributed by atoms with Gasteiger partial charge in [-0.25, -0.2) is 9.78 Å². The lowest BCUT2D eigenvalue weighted by molar-refractivity contribution is 0.122. The molecule has 1 aromatic carbocycles. The van der Waals surface area contributed by atoms with Crippen molar-refractivity contribution in [2.45, 2.75) is 43.8 Å². The van der Waals surface area contributed by atoms with Crippen LogP contribution in [-0.2, 0) is 28.2 Å². The number of aryl methyl sites for hydroxylation is 1. The number of carbonyl (C=O) groups excluding carboxylic acids is 1. The molecule has 0 saturated carbocycles. The monoisotopic (exact) mass is 554 g/mol. The first-order chi connectivity index (χ1) is 18.5. The molecule has 0 aliphatic carbocycles. The average molecular weight is 555 g/mol. The van der Waals surface area contributed by atoms with Crippen LogP contribution in [0.4, 0.5) is 22.0 Å². The minimum absolute atomic E-state index is 0.250. The van der Waals surface area contributed by atoms with E-state index in [1.165, 1.54) is 0 Å². The zero-order chi connectivity index (χ0) is 26.7. The molecule has 0 radical (unpaired) electrons. The molecule has 38 heavy (non-hydrogen) atoms. The standard InChI is InChI=1S/C27H34N6O3S2/c1-4-25-31-32-27(38-25)37-18-22-15-23(33-9-12-35-13-10-33)16-24(29-22)28-17-20-6-5-7-21(14-20)30-26(34)36-11-8-19(2)3/h5-8,14-16H,4,9-13,17-18H2,1-3H3,(H,28,29)(H,30,34). The molecule has 1 fully saturated rings. The van der Waals surface area contributed by atoms with Crippen LogP contribution in [0.3, 0.4) is 0 Å². The summed E-state index contributed by atoms with van der Waals surface area (Å²) in [5, 5.41) is 15.8. The van der Waals surface area contributed by atoms with E-state index in [4.69, 9.17) is 14.5 Å². The summed E-state index contributed by atoms with van der Waals surface area (Å²) in [6.07, 6.45) is 2.28. The highest BCUT2D eigenvalue weighted by Crippen LogP contribution is 2.29. The van der Waals surface area contributed by atoms with E-state index in [9.17, 15) is 4.79 Å². The summed E-state index contributed by atoms with van der Waals surface area (Å²) in [4.78, 5) is 19.3. The highest BCUT2D eigenvalue weighted by molar-refractivity contribution is 8.00. The number of benzene rings is 1. The molecule has 1 saturated heterocycles. The molecule has 1 amide bonds. The molecular formula is C27H34N6O3S2. The van der Waals surface area contributed by atoms with Crippen LogP contribution in [0, 0.1) is 0 Å². The smallest absolute Gasteiger partial charge is 0.411 e. The first kappa shape index (κ1) is 27.9. The van der Waals surface area contributed by atoms with Gasteiger partial charge in [0.05, 0.1) is 18.9 Å². The van der Waals surface area contributed by atoms with Crippen LogP contribution in [0.5, 0.6) is 0 Å². The maximum atomic E-state index is 12.1. The third-order valence-corrected chi connectivity index (χ3v) is 7.92. The van der Waals surface area contributed by atoms with Gasteiger partial charge in [0.1, 0.15) is 17.4 Å². The first-order valence-corrected chi connectivity index (χ1v) is 14.5. The van der Waals surface area contributed by atoms with E-state index in [-0.39, 0.29) is 6.61 Å². The van der Waals surface area contributed by atoms with Crippen LogP contribution in [0.1, 0.15) is 37.0 Å². The Labute approximate surface area is 232 Å². The zero-order valence-corrected chi connectivity index (χ0v) is 23.7. The molecule has 1 aliphatic rings. The molecule has 0 spiro atoms. The van der Waals surface area contributed by atoms with E-state index in [0.29, 0.717) is 18.0 Å². The second-order valence-corrected chi connectivity index (χ2v) is 11.2. The fraction of sp³-hybridized carbons (Fsp3) is 0.407. The molecule has 4 rings (SSSR count). The van der Waals surface area contributed by atoms with Gasteiger partial charge in [0.25, 0.3) is 0 Å². The van der Waals surface area contributed by atoms with Crippen molar-refractivity contribution in [3.05, 3.63) is 64.3 Å². The Morgan fingerprint density at radius 2 is 2.05 bits per heavy atom. The predicted molar refractivity (Wildman–Crippen MR) is 154 cm³/mol. The highest BCUT2D eigenvalue weighted by atomic mass is 32.2. The van der Waals surface area contributed by atoms with Gasteiger partial charge in [0.15, 0.2) is 4.34 Å². The van der Waals surface area contributed by atoms with Gasteiger partial charge in [-0.15, -0.1) is 10.2 Å². The molecule has 9 nitrogen and oxygen atoms in total. The number of aromatic nitrogens is 3. The zero-order valence-electron chi connectivity index (χ0n) is 22.0. The first-order valence-electron chi connectivity index (χ1n) is 12.7. The van der Waals surface area contributed by atoms with E-state index < -0.39 is 6.09 Å². The van der Waals surface area contributed by atoms with Gasteiger partial charge in [-0.2, -0.15) is 0 Å². The van der Waals surface area contributed by atoms with E-state index in [1.54, 1.807) is 23.1 Å². The lowest BCUT2D eigenvalue weighted by Gasteiger charge is -2.29. The van der Waals surface area contributed by atoms with Crippen molar-refractivity contribution in [1.82, 2.24) is 15.2 Å². The van der Waals surface area contributed by atoms with Crippen LogP contribution >= 0.6 is 23.1 Å². The van der Waals surface area contributed by atoms with E-state index in [1.807, 2.05) is 44.2 Å². The second kappa shape index (κ2) is 14.1. The number of hydrogen-bond acceptors (Lipinski definition) is 10. The quantitative estimate of drug-likeness (QED) is 0.227. The maximum absolute atomic E-state index is 12.1. The van der Waals surface area contributed by atoms with Gasteiger partial charge in [-0.1, -0.05) is 47.7 Å². The summed E-state index contributed by atoms with van der Waals surface area (Å²) in [7, 11) is 0. The molecule has 2 aromatic heterocycles. The van der Waals surface area contributed by atoms with E-state index in [0.717, 1.165) is 70.4 Å². The van der Waals surface area contributed by atoms with Crippen LogP contribution in [0.2, 0.25) is 0 Å². The molecule has 1 aliphatic heterocycles. The number of thioether (sulfide) groups is 1. The number of hydrogen-bond donors (Lipinski definition) is 2. The fourth-order valence-corrected chi connectivity index (χ4v) is 5.43. The number of ether oxygens (including phenoxy) is 2. The van der Waals surface area contributed by atoms with Crippen molar-refractivity contribution in [3.63, 3.8) is 0 Å². The van der Waals surface area contributed by atoms with Crippen LogP contribution in [-0.4, -0.2) is 54.2 Å². The Morgan fingerprint density at radius 3 is 2.82 bits per heavy atom. The van der Waals surface area contributed by atoms with Crippen LogP contribution in [0.15, 0.2) is 52.4 Å². The number of allylic oxidation sites excluding steroid dienone is 1. The van der Waals surface area contributed by atoms with E-state index >= 15 is 0 Å². The SMILES string of the molecule is CCc1nnc(SCc2cc(N3CCOCC3)cc(NCc3cccc(NC(=O)OCC=C(C)C)c3)n2)s1. The highest BCUT2D eigenvalue weighted by Gasteiger charge is 2.15. The largest absolute Gasteiger partial charge is 0.445 e. The van der Waals surface area contributed by atoms with Crippen molar-refractivity contribution in [3.8, 4) is 0 Å². The number of nitrogens with zero attached hydrogens (tertiary/aromatic N) is 4. The van der Waals surface area contributed by atoms with Crippen molar-refractivity contribution in [2.75, 3.05) is 48.4 Å². The number of nitrogens with one attached hydrogen (secondary N) is 2. The Hall–Kier alpha value is -3.15. The van der Waals surface area contributed by atoms with Gasteiger partial charge in [-0.3, -0.25) is 5.32 Å². The summed E-state index contributed by atoms with van der Waals surface area (Å²) in [6, 6.07) is 11.9. The molecule has 0 unspecified atom stereocenters. The van der Waals surface area contributed by atoms with Crippen molar-refractivity contribution < 1.29 is 14.3 Å². The van der Waals surface area contributed by atoms with Gasteiger partial charge in [-0.05, 0) is 50.1 Å². The number of morpholine rings is 1. The molecule has 202 valence electrons. The number of pyridine rings is 1. The fourth-order valence-electron chi connectivity index (χ4n) is 3.71. The Bertz CT molecular complexity index is 1240. The van der Waals surface area contributed by atoms with Gasteiger partial charge >= 0.3 is 6.09 Å². The molecule has 0 atom stereocenters. The summed E-state index contributed by atoms with van der Waals surface area (Å²) in [5.74, 6) is 1.51. The molecule has 3 heterocycles. The van der Waals surface area contributed by atoms with Gasteiger partial charge < -0.3 is 19.7 Å². The summed E-state index contributed by atoms with van der Waals surface area (Å²) < 4.78 is 11.7. The predicted octanol–water partition coefficient (Wildman–Crippen LogP) is 5.75. The topological polar surface area (TPSA) is 102 Å². The Morgan fingerprint density at radius 1 is 1.21 bits per heavy atom. The summed E-state index contributed by atoms with van der Waals surface area (Å²) in [5.41, 5.74) is 4.90. The molecule has 2 N–H and O–H groups in total. The van der Waals surface area contributed by atoms with Crippen molar-refractivity contribution in [2.24, 2.45) is 0 Å². The second-order valence-electron chi connectivity index (χ2n) is 8.96. The lowest BCUT2D eigenvalue weighted by atomic mass is 10.2. The number of amides is 1. The Balaban J connectivity index is 1.42. The minimum atomic E-state index is -0.476. The third kappa shape index (κ3) is 8.71. The maximum Gasteiger partial charge on any atom is 0.411 e. The van der Waals surface area contributed by atoms with E-state index in [2.05, 4.69) is 44.8 Å². The average Bonchev–Trinajstić information content (AvgIpc) is 3.39. The van der Waals surface area contributed by atoms with Crippen molar-refractivity contribution >= 4 is 46.4 Å². The lowest BCUT2D eigenvalue weighted by Crippen LogP contribution is -2.36. The minimum Gasteiger partial charge on any atom is -0.445 e. The Kier molecular flexibility index (Phi) is 10.4. The summed E-state index contributed by atoms with van der Waals surface area (Å²) >= 11 is 3.29. The number of anilines is 3. The molecule has 0 bridgehead atoms. The molecular weight excluding hydrogens is 520 g/mol. The number of rotatable bonds is 11. The normalized spacial score (nSPS) is 13.2. The summed E-state index contributed by atoms with van der Waals surface area (Å²) in [6.45, 7) is 9.96. The van der Waals surface area contributed by atoms with Crippen molar-refractivity contribution in [1.29, 1.82) is 0 Å². The van der Waals surface area contributed by atoms with Crippen LogP contribution < -0.4 is 15.5 Å². The third-order valence-electron chi connectivity index (χ3n) is 5.69.